The largest absolute Gasteiger partial charge is 0.490 e. The van der Waals surface area contributed by atoms with Gasteiger partial charge in [-0.05, 0) is 70.2 Å². The minimum Gasteiger partial charge on any atom is -0.490 e. The van der Waals surface area contributed by atoms with Crippen molar-refractivity contribution >= 4 is 23.4 Å². The van der Waals surface area contributed by atoms with Crippen molar-refractivity contribution in [3.05, 3.63) is 32.8 Å². The van der Waals surface area contributed by atoms with E-state index in [9.17, 15) is 14.9 Å². The van der Waals surface area contributed by atoms with Crippen molar-refractivity contribution in [3.8, 4) is 5.75 Å². The Morgan fingerprint density at radius 1 is 1.30 bits per heavy atom. The standard InChI is InChI=1S/C21H30ClN3O5/c1-20(2,3)30-19(26)24-10-7-21(5-8-23-9-6-21)15(13-24)14-11-18(29-4)17(25(27)28)12-16(14)22/h11-12,15,23H,5-10,13H2,1-4H3. The lowest BCUT2D eigenvalue weighted by atomic mass is 9.62. The Kier molecular flexibility index (Phi) is 6.48. The van der Waals surface area contributed by atoms with Crippen LogP contribution in [0.1, 0.15) is 51.5 Å². The molecule has 0 radical (unpaired) electrons. The molecule has 30 heavy (non-hydrogen) atoms. The fraction of sp³-hybridized carbons (Fsp3) is 0.667. The molecular formula is C21H30ClN3O5. The fourth-order valence-electron chi connectivity index (χ4n) is 4.61. The lowest BCUT2D eigenvalue weighted by Gasteiger charge is -2.50. The summed E-state index contributed by atoms with van der Waals surface area (Å²) in [5.41, 5.74) is 0.0129. The van der Waals surface area contributed by atoms with Gasteiger partial charge in [0.1, 0.15) is 5.60 Å². The number of hydrogen-bond acceptors (Lipinski definition) is 6. The summed E-state index contributed by atoms with van der Waals surface area (Å²) in [7, 11) is 1.41. The van der Waals surface area contributed by atoms with Gasteiger partial charge in [0, 0.05) is 25.1 Å². The number of nitrogens with one attached hydrogen (secondary N) is 1. The summed E-state index contributed by atoms with van der Waals surface area (Å²) in [6.07, 6.45) is 2.39. The molecule has 0 aliphatic carbocycles. The van der Waals surface area contributed by atoms with Crippen molar-refractivity contribution in [1.82, 2.24) is 10.2 Å². The van der Waals surface area contributed by atoms with Crippen LogP contribution in [-0.4, -0.2) is 54.8 Å². The van der Waals surface area contributed by atoms with E-state index in [0.29, 0.717) is 18.1 Å². The first-order valence-electron chi connectivity index (χ1n) is 10.3. The zero-order valence-electron chi connectivity index (χ0n) is 18.0. The number of nitro groups is 1. The first kappa shape index (κ1) is 22.6. The summed E-state index contributed by atoms with van der Waals surface area (Å²) in [5.74, 6) is 0.112. The van der Waals surface area contributed by atoms with E-state index in [1.165, 1.54) is 13.2 Å². The number of amides is 1. The molecule has 1 aromatic carbocycles. The highest BCUT2D eigenvalue weighted by molar-refractivity contribution is 6.31. The monoisotopic (exact) mass is 439 g/mol. The number of benzene rings is 1. The molecule has 0 aromatic heterocycles. The second-order valence-electron chi connectivity index (χ2n) is 9.14. The first-order chi connectivity index (χ1) is 14.1. The Balaban J connectivity index is 2.00. The molecule has 8 nitrogen and oxygen atoms in total. The minimum absolute atomic E-state index is 0.0332. The van der Waals surface area contributed by atoms with Crippen molar-refractivity contribution in [2.45, 2.75) is 51.6 Å². The van der Waals surface area contributed by atoms with Crippen LogP contribution in [-0.2, 0) is 4.74 Å². The van der Waals surface area contributed by atoms with Crippen molar-refractivity contribution in [2.75, 3.05) is 33.3 Å². The molecule has 0 saturated carbocycles. The third-order valence-corrected chi connectivity index (χ3v) is 6.47. The van der Waals surface area contributed by atoms with Crippen LogP contribution < -0.4 is 10.1 Å². The van der Waals surface area contributed by atoms with Gasteiger partial charge in [-0.3, -0.25) is 10.1 Å². The molecular weight excluding hydrogens is 410 g/mol. The first-order valence-corrected chi connectivity index (χ1v) is 10.6. The zero-order valence-corrected chi connectivity index (χ0v) is 18.8. The molecule has 1 amide bonds. The van der Waals surface area contributed by atoms with E-state index in [0.717, 1.165) is 37.9 Å². The van der Waals surface area contributed by atoms with Gasteiger partial charge in [-0.1, -0.05) is 11.6 Å². The maximum Gasteiger partial charge on any atom is 0.410 e. The van der Waals surface area contributed by atoms with Gasteiger partial charge in [0.15, 0.2) is 5.75 Å². The molecule has 166 valence electrons. The Bertz CT molecular complexity index is 818. The SMILES string of the molecule is COc1cc(C2CN(C(=O)OC(C)(C)C)CCC23CCNCC3)c(Cl)cc1[N+](=O)[O-]. The zero-order chi connectivity index (χ0) is 22.1. The minimum atomic E-state index is -0.579. The summed E-state index contributed by atoms with van der Waals surface area (Å²) >= 11 is 6.56. The number of methoxy groups -OCH3 is 1. The number of nitrogens with zero attached hydrogens (tertiary/aromatic N) is 2. The second kappa shape index (κ2) is 8.59. The third-order valence-electron chi connectivity index (χ3n) is 6.14. The summed E-state index contributed by atoms with van der Waals surface area (Å²) in [6.45, 7) is 8.40. The lowest BCUT2D eigenvalue weighted by molar-refractivity contribution is -0.385. The van der Waals surface area contributed by atoms with Gasteiger partial charge in [0.25, 0.3) is 0 Å². The van der Waals surface area contributed by atoms with Gasteiger partial charge >= 0.3 is 11.8 Å². The van der Waals surface area contributed by atoms with E-state index in [-0.39, 0.29) is 28.9 Å². The van der Waals surface area contributed by atoms with Crippen molar-refractivity contribution < 1.29 is 19.2 Å². The molecule has 1 atom stereocenters. The quantitative estimate of drug-likeness (QED) is 0.555. The highest BCUT2D eigenvalue weighted by Crippen LogP contribution is 2.52. The van der Waals surface area contributed by atoms with Crippen LogP contribution in [0.3, 0.4) is 0 Å². The highest BCUT2D eigenvalue weighted by Gasteiger charge is 2.47. The average molecular weight is 440 g/mol. The van der Waals surface area contributed by atoms with Crippen LogP contribution in [0.25, 0.3) is 0 Å². The Labute approximate surface area is 182 Å². The highest BCUT2D eigenvalue weighted by atomic mass is 35.5. The van der Waals surface area contributed by atoms with Crippen molar-refractivity contribution in [3.63, 3.8) is 0 Å². The molecule has 2 heterocycles. The predicted octanol–water partition coefficient (Wildman–Crippen LogP) is 4.35. The van der Waals surface area contributed by atoms with Gasteiger partial charge in [0.2, 0.25) is 0 Å². The number of likely N-dealkylation sites (tertiary alicyclic amines) is 1. The average Bonchev–Trinajstić information content (AvgIpc) is 2.67. The Hall–Kier alpha value is -2.06. The van der Waals surface area contributed by atoms with Gasteiger partial charge < -0.3 is 19.7 Å². The van der Waals surface area contributed by atoms with E-state index in [1.807, 2.05) is 20.8 Å². The van der Waals surface area contributed by atoms with Gasteiger partial charge in [-0.2, -0.15) is 0 Å². The van der Waals surface area contributed by atoms with Crippen molar-refractivity contribution in [1.29, 1.82) is 0 Å². The molecule has 3 rings (SSSR count). The van der Waals surface area contributed by atoms with Crippen LogP contribution >= 0.6 is 11.6 Å². The number of carbonyl (C=O) groups excluding carboxylic acids is 1. The van der Waals surface area contributed by atoms with Crippen LogP contribution in [0.2, 0.25) is 5.02 Å². The molecule has 2 aliphatic heterocycles. The summed E-state index contributed by atoms with van der Waals surface area (Å²) < 4.78 is 10.9. The Morgan fingerprint density at radius 2 is 1.97 bits per heavy atom. The van der Waals surface area contributed by atoms with E-state index in [1.54, 1.807) is 11.0 Å². The topological polar surface area (TPSA) is 93.9 Å². The fourth-order valence-corrected chi connectivity index (χ4v) is 4.90. The molecule has 9 heteroatoms. The maximum atomic E-state index is 12.8. The van der Waals surface area contributed by atoms with Gasteiger partial charge in [-0.15, -0.1) is 0 Å². The predicted molar refractivity (Wildman–Crippen MR) is 114 cm³/mol. The summed E-state index contributed by atoms with van der Waals surface area (Å²) in [6, 6.07) is 3.03. The van der Waals surface area contributed by atoms with Crippen LogP contribution in [0.15, 0.2) is 12.1 Å². The molecule has 1 aromatic rings. The number of piperidine rings is 2. The number of hydrogen-bond donors (Lipinski definition) is 1. The molecule has 1 N–H and O–H groups in total. The van der Waals surface area contributed by atoms with E-state index in [4.69, 9.17) is 21.1 Å². The Morgan fingerprint density at radius 3 is 2.53 bits per heavy atom. The van der Waals surface area contributed by atoms with E-state index >= 15 is 0 Å². The number of ether oxygens (including phenoxy) is 2. The smallest absolute Gasteiger partial charge is 0.410 e. The number of rotatable bonds is 3. The molecule has 1 unspecified atom stereocenters. The van der Waals surface area contributed by atoms with Crippen molar-refractivity contribution in [2.24, 2.45) is 5.41 Å². The van der Waals surface area contributed by atoms with Crippen LogP contribution in [0.4, 0.5) is 10.5 Å². The summed E-state index contributed by atoms with van der Waals surface area (Å²) in [4.78, 5) is 25.4. The molecule has 2 fully saturated rings. The molecule has 2 saturated heterocycles. The molecule has 2 aliphatic rings. The third kappa shape index (κ3) is 4.64. The molecule has 0 bridgehead atoms. The van der Waals surface area contributed by atoms with Crippen LogP contribution in [0, 0.1) is 15.5 Å². The number of carbonyl (C=O) groups is 1. The van der Waals surface area contributed by atoms with Crippen LogP contribution in [0.5, 0.6) is 5.75 Å². The summed E-state index contributed by atoms with van der Waals surface area (Å²) in [5, 5.41) is 15.1. The lowest BCUT2D eigenvalue weighted by Crippen LogP contribution is -2.52. The van der Waals surface area contributed by atoms with Gasteiger partial charge in [-0.25, -0.2) is 4.79 Å². The van der Waals surface area contributed by atoms with E-state index in [2.05, 4.69) is 5.32 Å². The number of nitro benzene ring substituents is 1. The van der Waals surface area contributed by atoms with Gasteiger partial charge in [0.05, 0.1) is 17.1 Å². The maximum absolute atomic E-state index is 12.8. The van der Waals surface area contributed by atoms with E-state index < -0.39 is 10.5 Å². The molecule has 1 spiro atoms. The normalized spacial score (nSPS) is 21.4. The second-order valence-corrected chi connectivity index (χ2v) is 9.55. The number of halogens is 1.